The summed E-state index contributed by atoms with van der Waals surface area (Å²) >= 11 is 0. The van der Waals surface area contributed by atoms with Crippen molar-refractivity contribution >= 4 is 27.3 Å². The van der Waals surface area contributed by atoms with Crippen LogP contribution in [0.1, 0.15) is 34.3 Å². The Hall–Kier alpha value is -2.94. The van der Waals surface area contributed by atoms with Gasteiger partial charge in [-0.2, -0.15) is 0 Å². The Morgan fingerprint density at radius 3 is 2.43 bits per heavy atom. The van der Waals surface area contributed by atoms with Crippen LogP contribution in [0.4, 0.5) is 11.4 Å². The van der Waals surface area contributed by atoms with Gasteiger partial charge in [-0.25, -0.2) is 8.42 Å². The number of sulfonamides is 1. The van der Waals surface area contributed by atoms with Crippen LogP contribution >= 0.6 is 0 Å². The quantitative estimate of drug-likeness (QED) is 0.609. The van der Waals surface area contributed by atoms with Crippen molar-refractivity contribution in [2.45, 2.75) is 31.6 Å². The molecule has 148 valence electrons. The van der Waals surface area contributed by atoms with Crippen LogP contribution in [-0.2, 0) is 10.0 Å². The monoisotopic (exact) mass is 403 g/mol. The van der Waals surface area contributed by atoms with Gasteiger partial charge in [0.25, 0.3) is 21.6 Å². The first-order valence-electron chi connectivity index (χ1n) is 8.87. The van der Waals surface area contributed by atoms with Crippen molar-refractivity contribution in [3.05, 3.63) is 63.2 Å². The van der Waals surface area contributed by atoms with Gasteiger partial charge in [-0.1, -0.05) is 18.2 Å². The number of benzene rings is 2. The molecule has 1 N–H and O–H groups in total. The number of hydrogen-bond donors (Lipinski definition) is 1. The fraction of sp³-hybridized carbons (Fsp3) is 0.316. The maximum absolute atomic E-state index is 12.9. The van der Waals surface area contributed by atoms with Gasteiger partial charge < -0.3 is 4.90 Å². The van der Waals surface area contributed by atoms with Gasteiger partial charge in [0, 0.05) is 24.7 Å². The molecule has 2 aromatic rings. The second-order valence-corrected chi connectivity index (χ2v) is 8.49. The summed E-state index contributed by atoms with van der Waals surface area (Å²) in [6.45, 7) is 4.53. The van der Waals surface area contributed by atoms with Crippen molar-refractivity contribution in [2.75, 3.05) is 17.8 Å². The van der Waals surface area contributed by atoms with Crippen molar-refractivity contribution in [1.82, 2.24) is 4.90 Å². The lowest BCUT2D eigenvalue weighted by Crippen LogP contribution is -2.29. The first-order chi connectivity index (χ1) is 13.2. The maximum Gasteiger partial charge on any atom is 0.273 e. The highest BCUT2D eigenvalue weighted by atomic mass is 32.2. The zero-order chi connectivity index (χ0) is 20.5. The molecule has 8 nitrogen and oxygen atoms in total. The van der Waals surface area contributed by atoms with Crippen LogP contribution in [0.3, 0.4) is 0 Å². The molecule has 1 saturated heterocycles. The molecule has 9 heteroatoms. The molecule has 0 saturated carbocycles. The third kappa shape index (κ3) is 3.84. The van der Waals surface area contributed by atoms with Gasteiger partial charge in [0.1, 0.15) is 0 Å². The predicted octanol–water partition coefficient (Wildman–Crippen LogP) is 3.25. The van der Waals surface area contributed by atoms with E-state index >= 15 is 0 Å². The Morgan fingerprint density at radius 1 is 1.11 bits per heavy atom. The molecule has 1 fully saturated rings. The molecule has 0 bridgehead atoms. The molecule has 1 amide bonds. The van der Waals surface area contributed by atoms with Gasteiger partial charge in [0.2, 0.25) is 0 Å². The first-order valence-corrected chi connectivity index (χ1v) is 10.4. The van der Waals surface area contributed by atoms with E-state index in [0.717, 1.165) is 18.9 Å². The number of para-hydroxylation sites is 1. The third-order valence-corrected chi connectivity index (χ3v) is 6.17. The van der Waals surface area contributed by atoms with Crippen molar-refractivity contribution in [3.8, 4) is 0 Å². The number of carbonyl (C=O) groups excluding carboxylic acids is 1. The van der Waals surface area contributed by atoms with Crippen molar-refractivity contribution < 1.29 is 18.1 Å². The molecule has 28 heavy (non-hydrogen) atoms. The number of nitro groups is 1. The van der Waals surface area contributed by atoms with E-state index in [1.165, 1.54) is 19.1 Å². The zero-order valence-electron chi connectivity index (χ0n) is 15.6. The highest BCUT2D eigenvalue weighted by molar-refractivity contribution is 7.92. The normalized spacial score (nSPS) is 14.1. The fourth-order valence-electron chi connectivity index (χ4n) is 3.22. The van der Waals surface area contributed by atoms with Gasteiger partial charge in [-0.05, 0) is 44.4 Å². The number of nitro benzene ring substituents is 1. The Kier molecular flexibility index (Phi) is 5.37. The van der Waals surface area contributed by atoms with Gasteiger partial charge in [-0.3, -0.25) is 19.6 Å². The number of carbonyl (C=O) groups is 1. The van der Waals surface area contributed by atoms with Crippen LogP contribution in [0.15, 0.2) is 41.3 Å². The van der Waals surface area contributed by atoms with E-state index in [0.29, 0.717) is 24.2 Å². The van der Waals surface area contributed by atoms with E-state index in [1.54, 1.807) is 30.0 Å². The van der Waals surface area contributed by atoms with Crippen molar-refractivity contribution in [3.63, 3.8) is 0 Å². The molecular weight excluding hydrogens is 382 g/mol. The van der Waals surface area contributed by atoms with Crippen LogP contribution in [0.2, 0.25) is 0 Å². The highest BCUT2D eigenvalue weighted by Gasteiger charge is 2.26. The largest absolute Gasteiger partial charge is 0.339 e. The molecule has 3 rings (SSSR count). The van der Waals surface area contributed by atoms with Crippen molar-refractivity contribution in [1.29, 1.82) is 0 Å². The summed E-state index contributed by atoms with van der Waals surface area (Å²) in [5.74, 6) is -0.228. The molecule has 0 aromatic heterocycles. The lowest BCUT2D eigenvalue weighted by molar-refractivity contribution is -0.385. The lowest BCUT2D eigenvalue weighted by atomic mass is 10.1. The molecular formula is C19H21N3O5S. The van der Waals surface area contributed by atoms with E-state index < -0.39 is 14.9 Å². The molecule has 0 radical (unpaired) electrons. The second kappa shape index (κ2) is 7.59. The molecule has 1 aliphatic rings. The summed E-state index contributed by atoms with van der Waals surface area (Å²) in [5, 5.41) is 11.1. The Labute approximate surface area is 163 Å². The molecule has 0 unspecified atom stereocenters. The summed E-state index contributed by atoms with van der Waals surface area (Å²) in [6.07, 6.45) is 1.84. The van der Waals surface area contributed by atoms with Crippen LogP contribution in [0.25, 0.3) is 0 Å². The second-order valence-electron chi connectivity index (χ2n) is 6.81. The standard InChI is InChI=1S/C19H21N3O5S/c1-13-8-9-15(12-17(13)22(24)25)28(26,27)20-18-14(2)6-5-7-16(18)19(23)21-10-3-4-11-21/h5-9,12,20H,3-4,10-11H2,1-2H3. The van der Waals surface area contributed by atoms with Gasteiger partial charge in [0.15, 0.2) is 0 Å². The number of rotatable bonds is 5. The van der Waals surface area contributed by atoms with E-state index in [-0.39, 0.29) is 27.7 Å². The van der Waals surface area contributed by atoms with Crippen LogP contribution in [0, 0.1) is 24.0 Å². The van der Waals surface area contributed by atoms with Gasteiger partial charge >= 0.3 is 0 Å². The summed E-state index contributed by atoms with van der Waals surface area (Å²) in [4.78, 5) is 24.8. The van der Waals surface area contributed by atoms with Gasteiger partial charge in [0.05, 0.1) is 21.1 Å². The summed E-state index contributed by atoms with van der Waals surface area (Å²) in [5.41, 5.74) is 1.15. The minimum absolute atomic E-state index is 0.197. The third-order valence-electron chi connectivity index (χ3n) is 4.82. The van der Waals surface area contributed by atoms with Gasteiger partial charge in [-0.15, -0.1) is 0 Å². The first kappa shape index (κ1) is 19.8. The molecule has 0 spiro atoms. The molecule has 2 aromatic carbocycles. The Bertz CT molecular complexity index is 1040. The Balaban J connectivity index is 2.00. The van der Waals surface area contributed by atoms with E-state index in [9.17, 15) is 23.3 Å². The number of nitrogens with zero attached hydrogens (tertiary/aromatic N) is 2. The number of anilines is 1. The summed E-state index contributed by atoms with van der Waals surface area (Å²) in [6, 6.07) is 8.72. The van der Waals surface area contributed by atoms with E-state index in [4.69, 9.17) is 0 Å². The number of aryl methyl sites for hydroxylation is 2. The van der Waals surface area contributed by atoms with Crippen LogP contribution in [-0.4, -0.2) is 37.2 Å². The number of likely N-dealkylation sites (tertiary alicyclic amines) is 1. The SMILES string of the molecule is Cc1ccc(S(=O)(=O)Nc2c(C)cccc2C(=O)N2CCCC2)cc1[N+](=O)[O-]. The number of nitrogens with one attached hydrogen (secondary N) is 1. The minimum Gasteiger partial charge on any atom is -0.339 e. The average molecular weight is 403 g/mol. The summed E-state index contributed by atoms with van der Waals surface area (Å²) < 4.78 is 28.2. The number of amides is 1. The molecule has 0 atom stereocenters. The molecule has 1 heterocycles. The van der Waals surface area contributed by atoms with E-state index in [1.807, 2.05) is 0 Å². The number of hydrogen-bond acceptors (Lipinski definition) is 5. The fourth-order valence-corrected chi connectivity index (χ4v) is 4.39. The predicted molar refractivity (Wildman–Crippen MR) is 105 cm³/mol. The van der Waals surface area contributed by atoms with Crippen LogP contribution in [0.5, 0.6) is 0 Å². The maximum atomic E-state index is 12.9. The Morgan fingerprint density at radius 2 is 1.79 bits per heavy atom. The average Bonchev–Trinajstić information content (AvgIpc) is 3.17. The summed E-state index contributed by atoms with van der Waals surface area (Å²) in [7, 11) is -4.11. The van der Waals surface area contributed by atoms with Crippen molar-refractivity contribution in [2.24, 2.45) is 0 Å². The van der Waals surface area contributed by atoms with E-state index in [2.05, 4.69) is 4.72 Å². The topological polar surface area (TPSA) is 110 Å². The zero-order valence-corrected chi connectivity index (χ0v) is 16.5. The molecule has 0 aliphatic carbocycles. The molecule has 1 aliphatic heterocycles. The lowest BCUT2D eigenvalue weighted by Gasteiger charge is -2.19. The highest BCUT2D eigenvalue weighted by Crippen LogP contribution is 2.28. The minimum atomic E-state index is -4.11. The smallest absolute Gasteiger partial charge is 0.273 e. The van der Waals surface area contributed by atoms with Crippen LogP contribution < -0.4 is 4.72 Å².